The number of carbonyl (C=O) groups is 2. The topological polar surface area (TPSA) is 126 Å². The van der Waals surface area contributed by atoms with Crippen LogP contribution in [-0.4, -0.2) is 32.0 Å². The zero-order valence-corrected chi connectivity index (χ0v) is 18.7. The van der Waals surface area contributed by atoms with Crippen LogP contribution in [0.5, 0.6) is 5.75 Å². The second-order valence-electron chi connectivity index (χ2n) is 7.62. The second kappa shape index (κ2) is 11.5. The summed E-state index contributed by atoms with van der Waals surface area (Å²) >= 11 is 0. The molecule has 2 aromatic carbocycles. The van der Waals surface area contributed by atoms with E-state index in [2.05, 4.69) is 20.3 Å². The zero-order valence-electron chi connectivity index (χ0n) is 18.7. The molecule has 0 saturated carbocycles. The summed E-state index contributed by atoms with van der Waals surface area (Å²) in [5.74, 6) is 0.276. The number of hydrogen-bond acceptors (Lipinski definition) is 7. The van der Waals surface area contributed by atoms with Crippen LogP contribution in [0, 0.1) is 0 Å². The molecule has 9 heteroatoms. The molecule has 2 amide bonds. The van der Waals surface area contributed by atoms with Gasteiger partial charge in [0.1, 0.15) is 12.4 Å². The van der Waals surface area contributed by atoms with Crippen molar-refractivity contribution < 1.29 is 19.5 Å². The molecule has 0 aliphatic rings. The first-order valence-corrected chi connectivity index (χ1v) is 10.8. The molecule has 4 rings (SSSR count). The third-order valence-electron chi connectivity index (χ3n) is 5.12. The van der Waals surface area contributed by atoms with Crippen molar-refractivity contribution in [3.63, 3.8) is 0 Å². The molecule has 2 aromatic heterocycles. The Morgan fingerprint density at radius 3 is 2.20 bits per heavy atom. The maximum Gasteiger partial charge on any atom is 0.277 e. The lowest BCUT2D eigenvalue weighted by Crippen LogP contribution is -2.24. The van der Waals surface area contributed by atoms with Crippen molar-refractivity contribution in [3.05, 3.63) is 108 Å². The van der Waals surface area contributed by atoms with Gasteiger partial charge in [0.25, 0.3) is 5.91 Å². The number of nitrogens with one attached hydrogen (secondary N) is 2. The lowest BCUT2D eigenvalue weighted by molar-refractivity contribution is -0.120. The standard InChI is InChI=1S/C26H23N5O4/c32-25(30-13-18-4-2-1-3-5-18)12-22-9-6-20(14-27-22)19-7-10-23(11-8-19)35-17-24-28-15-21(16-29-24)26(33)31-34/h1-11,14-16,34H,12-13,17H2,(H,30,32)(H,31,33). The van der Waals surface area contributed by atoms with Crippen molar-refractivity contribution in [1.29, 1.82) is 0 Å². The number of benzene rings is 2. The maximum absolute atomic E-state index is 12.2. The largest absolute Gasteiger partial charge is 0.486 e. The number of pyridine rings is 1. The van der Waals surface area contributed by atoms with Crippen LogP contribution >= 0.6 is 0 Å². The molecular formula is C26H23N5O4. The number of amides is 2. The Bertz CT molecular complexity index is 1260. The van der Waals surface area contributed by atoms with Crippen molar-refractivity contribution in [3.8, 4) is 16.9 Å². The van der Waals surface area contributed by atoms with E-state index < -0.39 is 5.91 Å². The summed E-state index contributed by atoms with van der Waals surface area (Å²) in [7, 11) is 0. The van der Waals surface area contributed by atoms with Gasteiger partial charge in [0.15, 0.2) is 5.82 Å². The Hall–Kier alpha value is -4.63. The van der Waals surface area contributed by atoms with Crippen LogP contribution in [0.2, 0.25) is 0 Å². The van der Waals surface area contributed by atoms with E-state index in [1.165, 1.54) is 17.9 Å². The fraction of sp³-hybridized carbons (Fsp3) is 0.115. The lowest BCUT2D eigenvalue weighted by atomic mass is 10.1. The highest BCUT2D eigenvalue weighted by Crippen LogP contribution is 2.22. The van der Waals surface area contributed by atoms with Crippen LogP contribution in [0.4, 0.5) is 0 Å². The molecule has 2 heterocycles. The van der Waals surface area contributed by atoms with Crippen LogP contribution < -0.4 is 15.5 Å². The predicted molar refractivity (Wildman–Crippen MR) is 127 cm³/mol. The summed E-state index contributed by atoms with van der Waals surface area (Å²) in [5, 5.41) is 11.5. The first-order valence-electron chi connectivity index (χ1n) is 10.8. The first-order chi connectivity index (χ1) is 17.1. The van der Waals surface area contributed by atoms with E-state index in [9.17, 15) is 9.59 Å². The van der Waals surface area contributed by atoms with Crippen LogP contribution in [0.1, 0.15) is 27.4 Å². The Labute approximate surface area is 201 Å². The van der Waals surface area contributed by atoms with Gasteiger partial charge in [-0.15, -0.1) is 0 Å². The lowest BCUT2D eigenvalue weighted by Gasteiger charge is -2.08. The van der Waals surface area contributed by atoms with Crippen molar-refractivity contribution in [2.24, 2.45) is 0 Å². The number of hydroxylamine groups is 1. The van der Waals surface area contributed by atoms with Gasteiger partial charge in [0, 0.05) is 36.4 Å². The fourth-order valence-corrected chi connectivity index (χ4v) is 3.23. The quantitative estimate of drug-likeness (QED) is 0.254. The molecule has 0 radical (unpaired) electrons. The van der Waals surface area contributed by atoms with Crippen molar-refractivity contribution in [1.82, 2.24) is 25.7 Å². The third-order valence-corrected chi connectivity index (χ3v) is 5.12. The summed E-state index contributed by atoms with van der Waals surface area (Å²) in [6.07, 6.45) is 4.58. The monoisotopic (exact) mass is 469 g/mol. The van der Waals surface area contributed by atoms with Crippen LogP contribution in [-0.2, 0) is 24.4 Å². The second-order valence-corrected chi connectivity index (χ2v) is 7.62. The minimum Gasteiger partial charge on any atom is -0.486 e. The molecule has 0 fully saturated rings. The molecule has 3 N–H and O–H groups in total. The summed E-state index contributed by atoms with van der Waals surface area (Å²) in [6.45, 7) is 0.618. The highest BCUT2D eigenvalue weighted by molar-refractivity contribution is 5.92. The highest BCUT2D eigenvalue weighted by atomic mass is 16.5. The van der Waals surface area contributed by atoms with Crippen LogP contribution in [0.15, 0.2) is 85.3 Å². The van der Waals surface area contributed by atoms with Crippen molar-refractivity contribution >= 4 is 11.8 Å². The molecule has 0 bridgehead atoms. The van der Waals surface area contributed by atoms with Gasteiger partial charge in [-0.3, -0.25) is 19.8 Å². The highest BCUT2D eigenvalue weighted by Gasteiger charge is 2.08. The number of ether oxygens (including phenoxy) is 1. The molecule has 176 valence electrons. The third kappa shape index (κ3) is 6.68. The van der Waals surface area contributed by atoms with Gasteiger partial charge in [-0.05, 0) is 29.3 Å². The summed E-state index contributed by atoms with van der Waals surface area (Å²) in [5.41, 5.74) is 5.30. The molecule has 35 heavy (non-hydrogen) atoms. The van der Waals surface area contributed by atoms with Crippen LogP contribution in [0.25, 0.3) is 11.1 Å². The SMILES string of the molecule is O=C(Cc1ccc(-c2ccc(OCc3ncc(C(=O)NO)cn3)cc2)cn1)NCc1ccccc1. The van der Waals surface area contributed by atoms with E-state index in [0.29, 0.717) is 23.8 Å². The van der Waals surface area contributed by atoms with Crippen molar-refractivity contribution in [2.45, 2.75) is 19.6 Å². The average molecular weight is 470 g/mol. The van der Waals surface area contributed by atoms with Gasteiger partial charge in [0.05, 0.1) is 12.0 Å². The molecule has 4 aromatic rings. The Kier molecular flexibility index (Phi) is 7.72. The van der Waals surface area contributed by atoms with Gasteiger partial charge in [0.2, 0.25) is 5.91 Å². The normalized spacial score (nSPS) is 10.4. The molecule has 0 aliphatic carbocycles. The fourth-order valence-electron chi connectivity index (χ4n) is 3.23. The molecule has 0 atom stereocenters. The van der Waals surface area contributed by atoms with Gasteiger partial charge in [-0.1, -0.05) is 48.5 Å². The Morgan fingerprint density at radius 2 is 1.54 bits per heavy atom. The van der Waals surface area contributed by atoms with Crippen molar-refractivity contribution in [2.75, 3.05) is 0 Å². The molecule has 9 nitrogen and oxygen atoms in total. The van der Waals surface area contributed by atoms with E-state index in [0.717, 1.165) is 16.7 Å². The summed E-state index contributed by atoms with van der Waals surface area (Å²) in [6, 6.07) is 21.0. The Balaban J connectivity index is 1.28. The summed E-state index contributed by atoms with van der Waals surface area (Å²) in [4.78, 5) is 36.0. The van der Waals surface area contributed by atoms with E-state index >= 15 is 0 Å². The van der Waals surface area contributed by atoms with E-state index in [1.54, 1.807) is 6.20 Å². The molecule has 0 unspecified atom stereocenters. The maximum atomic E-state index is 12.2. The van der Waals surface area contributed by atoms with E-state index in [-0.39, 0.29) is 24.5 Å². The Morgan fingerprint density at radius 1 is 0.829 bits per heavy atom. The zero-order chi connectivity index (χ0) is 24.5. The molecule has 0 spiro atoms. The first kappa shape index (κ1) is 23.5. The minimum atomic E-state index is -0.679. The molecule has 0 saturated heterocycles. The van der Waals surface area contributed by atoms with Gasteiger partial charge in [-0.2, -0.15) is 0 Å². The van der Waals surface area contributed by atoms with Gasteiger partial charge in [-0.25, -0.2) is 15.4 Å². The van der Waals surface area contributed by atoms with E-state index in [1.807, 2.05) is 66.7 Å². The van der Waals surface area contributed by atoms with Gasteiger partial charge < -0.3 is 10.1 Å². The number of rotatable bonds is 9. The molecule has 0 aliphatic heterocycles. The number of hydrogen-bond donors (Lipinski definition) is 3. The van der Waals surface area contributed by atoms with E-state index in [4.69, 9.17) is 9.94 Å². The smallest absolute Gasteiger partial charge is 0.277 e. The number of aromatic nitrogens is 3. The number of carbonyl (C=O) groups excluding carboxylic acids is 2. The molecular weight excluding hydrogens is 446 g/mol. The average Bonchev–Trinajstić information content (AvgIpc) is 2.92. The van der Waals surface area contributed by atoms with Gasteiger partial charge >= 0.3 is 0 Å². The minimum absolute atomic E-state index is 0.0779. The predicted octanol–water partition coefficient (Wildman–Crippen LogP) is 3.10. The summed E-state index contributed by atoms with van der Waals surface area (Å²) < 4.78 is 5.69. The van der Waals surface area contributed by atoms with Crippen LogP contribution in [0.3, 0.4) is 0 Å². The number of nitrogens with zero attached hydrogens (tertiary/aromatic N) is 3.